The largest absolute Gasteiger partial charge is 0.0622 e. The van der Waals surface area contributed by atoms with Crippen LogP contribution in [0, 0.1) is 0 Å². The van der Waals surface area contributed by atoms with E-state index in [1.807, 2.05) is 0 Å². The first kappa shape index (κ1) is 23.3. The van der Waals surface area contributed by atoms with E-state index in [0.29, 0.717) is 0 Å². The molecule has 0 aliphatic heterocycles. The number of benzene rings is 4. The maximum atomic E-state index is 2.56. The molecular formula is C36H38. The average molecular weight is 471 g/mol. The van der Waals surface area contributed by atoms with Crippen LogP contribution in [0.5, 0.6) is 0 Å². The number of hydrogen-bond acceptors (Lipinski definition) is 0. The molecule has 0 atom stereocenters. The van der Waals surface area contributed by atoms with Gasteiger partial charge in [-0.3, -0.25) is 0 Å². The predicted octanol–water partition coefficient (Wildman–Crippen LogP) is 9.57. The zero-order chi connectivity index (χ0) is 24.5. The van der Waals surface area contributed by atoms with Crippen LogP contribution in [-0.4, -0.2) is 0 Å². The summed E-state index contributed by atoms with van der Waals surface area (Å²) in [5, 5.41) is 0. The first-order valence-corrected chi connectivity index (χ1v) is 14.3. The van der Waals surface area contributed by atoms with Crippen molar-refractivity contribution < 1.29 is 0 Å². The second-order valence-corrected chi connectivity index (χ2v) is 10.7. The third kappa shape index (κ3) is 4.01. The molecule has 0 radical (unpaired) electrons. The normalized spacial score (nSPS) is 14.8. The van der Waals surface area contributed by atoms with Crippen LogP contribution in [0.4, 0.5) is 0 Å². The van der Waals surface area contributed by atoms with Crippen molar-refractivity contribution in [2.45, 2.75) is 78.1 Å². The van der Waals surface area contributed by atoms with Crippen LogP contribution in [0.25, 0.3) is 33.4 Å². The van der Waals surface area contributed by atoms with Crippen molar-refractivity contribution in [1.29, 1.82) is 0 Å². The molecule has 2 aliphatic rings. The van der Waals surface area contributed by atoms with Gasteiger partial charge in [0.05, 0.1) is 0 Å². The summed E-state index contributed by atoms with van der Waals surface area (Å²) in [6.07, 6.45) is 12.3. The molecule has 0 unspecified atom stereocenters. The smallest absolute Gasteiger partial charge is 0.0105 e. The molecule has 0 nitrogen and oxygen atoms in total. The monoisotopic (exact) mass is 470 g/mol. The molecule has 0 N–H and O–H groups in total. The molecule has 0 bridgehead atoms. The van der Waals surface area contributed by atoms with Gasteiger partial charge in [-0.05, 0) is 131 Å². The Balaban J connectivity index is 1.74. The fraction of sp³-hybridized carbons (Fsp3) is 0.333. The summed E-state index contributed by atoms with van der Waals surface area (Å²) < 4.78 is 0. The molecule has 0 saturated heterocycles. The Kier molecular flexibility index (Phi) is 6.53. The van der Waals surface area contributed by atoms with E-state index >= 15 is 0 Å². The lowest BCUT2D eigenvalue weighted by Crippen LogP contribution is -2.14. The minimum absolute atomic E-state index is 1.07. The lowest BCUT2D eigenvalue weighted by atomic mass is 9.73. The first-order valence-electron chi connectivity index (χ1n) is 14.3. The van der Waals surface area contributed by atoms with Gasteiger partial charge in [0, 0.05) is 0 Å². The standard InChI is InChI=1S/C36H38/c1-3-29-33(25-15-7-5-8-16-25)23-27-19-11-13-21-31(27)35(29)36-30(4-2)34(26-17-9-6-10-18-26)24-28-20-12-14-22-32(28)36/h5-10,15-18,23-24H,3-4,11-14,19-22H2,1-2H3. The summed E-state index contributed by atoms with van der Waals surface area (Å²) in [6, 6.07) is 27.4. The summed E-state index contributed by atoms with van der Waals surface area (Å²) in [7, 11) is 0. The zero-order valence-electron chi connectivity index (χ0n) is 22.0. The van der Waals surface area contributed by atoms with Gasteiger partial charge in [-0.1, -0.05) is 86.6 Å². The Morgan fingerprint density at radius 3 is 1.28 bits per heavy atom. The topological polar surface area (TPSA) is 0 Å². The number of hydrogen-bond donors (Lipinski definition) is 0. The van der Waals surface area contributed by atoms with Gasteiger partial charge in [0.25, 0.3) is 0 Å². The zero-order valence-corrected chi connectivity index (χ0v) is 22.0. The molecule has 0 heteroatoms. The van der Waals surface area contributed by atoms with Crippen molar-refractivity contribution in [2.24, 2.45) is 0 Å². The van der Waals surface area contributed by atoms with E-state index in [1.165, 1.54) is 73.6 Å². The van der Waals surface area contributed by atoms with E-state index in [-0.39, 0.29) is 0 Å². The molecule has 4 aromatic rings. The van der Waals surface area contributed by atoms with Crippen LogP contribution in [0.2, 0.25) is 0 Å². The molecule has 0 aromatic heterocycles. The van der Waals surface area contributed by atoms with Gasteiger partial charge in [-0.25, -0.2) is 0 Å². The second kappa shape index (κ2) is 10.1. The highest BCUT2D eigenvalue weighted by atomic mass is 14.3. The van der Waals surface area contributed by atoms with Crippen LogP contribution >= 0.6 is 0 Å². The fourth-order valence-electron chi connectivity index (χ4n) is 6.99. The molecule has 0 heterocycles. The molecule has 36 heavy (non-hydrogen) atoms. The Morgan fingerprint density at radius 1 is 0.500 bits per heavy atom. The van der Waals surface area contributed by atoms with Gasteiger partial charge in [0.1, 0.15) is 0 Å². The van der Waals surface area contributed by atoms with Gasteiger partial charge in [0.2, 0.25) is 0 Å². The quantitative estimate of drug-likeness (QED) is 0.272. The van der Waals surface area contributed by atoms with Gasteiger partial charge in [-0.15, -0.1) is 0 Å². The fourth-order valence-corrected chi connectivity index (χ4v) is 6.99. The van der Waals surface area contributed by atoms with Crippen LogP contribution in [0.1, 0.15) is 72.9 Å². The maximum absolute atomic E-state index is 2.56. The molecule has 2 aliphatic carbocycles. The molecule has 0 fully saturated rings. The third-order valence-electron chi connectivity index (χ3n) is 8.64. The lowest BCUT2D eigenvalue weighted by molar-refractivity contribution is 0.680. The molecule has 6 rings (SSSR count). The highest BCUT2D eigenvalue weighted by Crippen LogP contribution is 2.47. The Labute approximate surface area is 217 Å². The molecule has 0 amide bonds. The van der Waals surface area contributed by atoms with E-state index in [0.717, 1.165) is 12.8 Å². The minimum atomic E-state index is 1.07. The maximum Gasteiger partial charge on any atom is -0.0105 e. The summed E-state index contributed by atoms with van der Waals surface area (Å²) in [5.74, 6) is 0. The summed E-state index contributed by atoms with van der Waals surface area (Å²) >= 11 is 0. The van der Waals surface area contributed by atoms with Crippen molar-refractivity contribution in [3.05, 3.63) is 106 Å². The minimum Gasteiger partial charge on any atom is -0.0622 e. The van der Waals surface area contributed by atoms with Crippen molar-refractivity contribution in [1.82, 2.24) is 0 Å². The van der Waals surface area contributed by atoms with E-state index in [9.17, 15) is 0 Å². The molecule has 4 aromatic carbocycles. The molecular weight excluding hydrogens is 432 g/mol. The van der Waals surface area contributed by atoms with Crippen molar-refractivity contribution in [2.75, 3.05) is 0 Å². The SMILES string of the molecule is CCc1c(-c2ccccc2)cc2c(c1-c1c3c(cc(-c4ccccc4)c1CC)CCCC3)CCCC2. The molecule has 0 spiro atoms. The number of rotatable bonds is 5. The van der Waals surface area contributed by atoms with Gasteiger partial charge in [-0.2, -0.15) is 0 Å². The predicted molar refractivity (Wildman–Crippen MR) is 155 cm³/mol. The van der Waals surface area contributed by atoms with Gasteiger partial charge < -0.3 is 0 Å². The summed E-state index contributed by atoms with van der Waals surface area (Å²) in [4.78, 5) is 0. The lowest BCUT2D eigenvalue weighted by Gasteiger charge is -2.31. The van der Waals surface area contributed by atoms with E-state index in [4.69, 9.17) is 0 Å². The van der Waals surface area contributed by atoms with Gasteiger partial charge >= 0.3 is 0 Å². The highest BCUT2D eigenvalue weighted by Gasteiger charge is 2.28. The average Bonchev–Trinajstić information content (AvgIpc) is 2.96. The first-order chi connectivity index (χ1) is 17.8. The van der Waals surface area contributed by atoms with Crippen molar-refractivity contribution >= 4 is 0 Å². The van der Waals surface area contributed by atoms with Crippen LogP contribution in [0.3, 0.4) is 0 Å². The van der Waals surface area contributed by atoms with E-state index in [2.05, 4.69) is 86.6 Å². The van der Waals surface area contributed by atoms with E-state index in [1.54, 1.807) is 44.5 Å². The van der Waals surface area contributed by atoms with Crippen molar-refractivity contribution in [3.8, 4) is 33.4 Å². The molecule has 0 saturated carbocycles. The molecule has 182 valence electrons. The Hall–Kier alpha value is -3.12. The summed E-state index contributed by atoms with van der Waals surface area (Å²) in [5.41, 5.74) is 18.5. The van der Waals surface area contributed by atoms with Crippen LogP contribution < -0.4 is 0 Å². The number of aryl methyl sites for hydroxylation is 2. The Bertz CT molecular complexity index is 1270. The van der Waals surface area contributed by atoms with Crippen LogP contribution in [0.15, 0.2) is 72.8 Å². The van der Waals surface area contributed by atoms with Crippen molar-refractivity contribution in [3.63, 3.8) is 0 Å². The number of fused-ring (bicyclic) bond motifs is 2. The Morgan fingerprint density at radius 2 is 0.889 bits per heavy atom. The van der Waals surface area contributed by atoms with E-state index < -0.39 is 0 Å². The summed E-state index contributed by atoms with van der Waals surface area (Å²) in [6.45, 7) is 4.75. The van der Waals surface area contributed by atoms with Crippen LogP contribution in [-0.2, 0) is 38.5 Å². The van der Waals surface area contributed by atoms with Gasteiger partial charge in [0.15, 0.2) is 0 Å². The second-order valence-electron chi connectivity index (χ2n) is 10.7. The third-order valence-corrected chi connectivity index (χ3v) is 8.64. The highest BCUT2D eigenvalue weighted by molar-refractivity contribution is 5.89.